The van der Waals surface area contributed by atoms with Crippen LogP contribution in [0.3, 0.4) is 0 Å². The van der Waals surface area contributed by atoms with Crippen molar-refractivity contribution in [1.82, 2.24) is 10.6 Å². The lowest BCUT2D eigenvalue weighted by Gasteiger charge is -2.13. The van der Waals surface area contributed by atoms with E-state index in [0.29, 0.717) is 6.54 Å². The van der Waals surface area contributed by atoms with Crippen molar-refractivity contribution in [3.8, 4) is 5.75 Å². The maximum Gasteiger partial charge on any atom is 0.191 e. The number of ether oxygens (including phenoxy) is 1. The molecule has 118 valence electrons. The Morgan fingerprint density at radius 2 is 2.05 bits per heavy atom. The minimum absolute atomic E-state index is 0.675. The summed E-state index contributed by atoms with van der Waals surface area (Å²) in [5.41, 5.74) is 1.11. The predicted octanol–water partition coefficient (Wildman–Crippen LogP) is 3.43. The van der Waals surface area contributed by atoms with Crippen LogP contribution in [0.5, 0.6) is 5.75 Å². The molecule has 1 aromatic heterocycles. The summed E-state index contributed by atoms with van der Waals surface area (Å²) in [6.45, 7) is 1.52. The van der Waals surface area contributed by atoms with Gasteiger partial charge in [0.15, 0.2) is 5.96 Å². The zero-order valence-corrected chi connectivity index (χ0v) is 15.1. The quantitative estimate of drug-likeness (QED) is 0.595. The summed E-state index contributed by atoms with van der Waals surface area (Å²) in [5.74, 6) is 1.68. The fourth-order valence-electron chi connectivity index (χ4n) is 2.04. The number of thiophene rings is 1. The summed E-state index contributed by atoms with van der Waals surface area (Å²) in [6, 6.07) is 12.2. The van der Waals surface area contributed by atoms with E-state index in [4.69, 9.17) is 4.74 Å². The highest BCUT2D eigenvalue weighted by molar-refractivity contribution is 9.11. The molecule has 0 saturated carbocycles. The highest BCUT2D eigenvalue weighted by atomic mass is 79.9. The molecule has 0 unspecified atom stereocenters. The van der Waals surface area contributed by atoms with Gasteiger partial charge in [-0.3, -0.25) is 4.99 Å². The lowest BCUT2D eigenvalue weighted by atomic mass is 10.2. The van der Waals surface area contributed by atoms with Gasteiger partial charge in [-0.1, -0.05) is 18.2 Å². The number of benzene rings is 1. The van der Waals surface area contributed by atoms with Gasteiger partial charge in [-0.15, -0.1) is 11.3 Å². The predicted molar refractivity (Wildman–Crippen MR) is 96.9 cm³/mol. The molecule has 4 nitrogen and oxygen atoms in total. The molecule has 2 rings (SSSR count). The average Bonchev–Trinajstić information content (AvgIpc) is 2.96. The first-order chi connectivity index (χ1) is 10.7. The molecule has 0 bridgehead atoms. The molecule has 2 N–H and O–H groups in total. The number of hydrogen-bond acceptors (Lipinski definition) is 3. The summed E-state index contributed by atoms with van der Waals surface area (Å²) in [7, 11) is 3.46. The number of halogens is 1. The van der Waals surface area contributed by atoms with Crippen LogP contribution in [0, 0.1) is 0 Å². The van der Waals surface area contributed by atoms with E-state index in [9.17, 15) is 0 Å². The Balaban J connectivity index is 1.80. The Kier molecular flexibility index (Phi) is 6.74. The van der Waals surface area contributed by atoms with Crippen LogP contribution in [0.4, 0.5) is 0 Å². The molecule has 2 aromatic rings. The average molecular weight is 382 g/mol. The van der Waals surface area contributed by atoms with Gasteiger partial charge in [-0.2, -0.15) is 0 Å². The van der Waals surface area contributed by atoms with Gasteiger partial charge in [0, 0.05) is 30.6 Å². The first-order valence-corrected chi connectivity index (χ1v) is 8.64. The SMILES string of the molecule is CN=C(NCCc1ccc(Br)s1)NCc1ccccc1OC. The third kappa shape index (κ3) is 5.03. The Bertz CT molecular complexity index is 627. The molecule has 0 spiro atoms. The minimum Gasteiger partial charge on any atom is -0.496 e. The van der Waals surface area contributed by atoms with Crippen LogP contribution >= 0.6 is 27.3 Å². The van der Waals surface area contributed by atoms with Crippen LogP contribution in [-0.4, -0.2) is 26.7 Å². The van der Waals surface area contributed by atoms with Crippen molar-refractivity contribution in [2.45, 2.75) is 13.0 Å². The van der Waals surface area contributed by atoms with Crippen LogP contribution in [0.25, 0.3) is 0 Å². The molecule has 0 aliphatic rings. The highest BCUT2D eigenvalue weighted by Crippen LogP contribution is 2.22. The molecule has 0 radical (unpaired) electrons. The van der Waals surface area contributed by atoms with E-state index in [1.165, 1.54) is 8.66 Å². The monoisotopic (exact) mass is 381 g/mol. The summed E-state index contributed by atoms with van der Waals surface area (Å²) in [6.07, 6.45) is 0.978. The van der Waals surface area contributed by atoms with Crippen LogP contribution in [0.15, 0.2) is 45.2 Å². The molecule has 0 aliphatic heterocycles. The molecule has 6 heteroatoms. The minimum atomic E-state index is 0.675. The van der Waals surface area contributed by atoms with Gasteiger partial charge >= 0.3 is 0 Å². The molecule has 1 heterocycles. The number of nitrogens with one attached hydrogen (secondary N) is 2. The van der Waals surface area contributed by atoms with Gasteiger partial charge in [0.2, 0.25) is 0 Å². The number of rotatable bonds is 6. The van der Waals surface area contributed by atoms with Gasteiger partial charge in [0.1, 0.15) is 5.75 Å². The summed E-state index contributed by atoms with van der Waals surface area (Å²) in [4.78, 5) is 5.59. The smallest absolute Gasteiger partial charge is 0.191 e. The van der Waals surface area contributed by atoms with Gasteiger partial charge < -0.3 is 15.4 Å². The van der Waals surface area contributed by atoms with Crippen molar-refractivity contribution in [2.24, 2.45) is 4.99 Å². The molecule has 0 fully saturated rings. The highest BCUT2D eigenvalue weighted by Gasteiger charge is 2.03. The van der Waals surface area contributed by atoms with E-state index in [1.54, 1.807) is 25.5 Å². The number of nitrogens with zero attached hydrogens (tertiary/aromatic N) is 1. The molecule has 1 aromatic carbocycles. The molecule has 0 amide bonds. The summed E-state index contributed by atoms with van der Waals surface area (Å²) >= 11 is 5.24. The topological polar surface area (TPSA) is 45.7 Å². The fraction of sp³-hybridized carbons (Fsp3) is 0.312. The number of hydrogen-bond donors (Lipinski definition) is 2. The Labute approximate surface area is 143 Å². The standard InChI is InChI=1S/C16H20BrN3OS/c1-18-16(19-10-9-13-7-8-15(17)22-13)20-11-12-5-3-4-6-14(12)21-2/h3-8H,9-11H2,1-2H3,(H2,18,19,20). The Morgan fingerprint density at radius 1 is 1.23 bits per heavy atom. The van der Waals surface area contributed by atoms with E-state index in [2.05, 4.69) is 43.7 Å². The number of methoxy groups -OCH3 is 1. The second-order valence-corrected chi connectivity index (χ2v) is 7.17. The molecule has 0 saturated heterocycles. The van der Waals surface area contributed by atoms with E-state index in [0.717, 1.165) is 30.2 Å². The molecular weight excluding hydrogens is 362 g/mol. The van der Waals surface area contributed by atoms with Crippen LogP contribution in [0.2, 0.25) is 0 Å². The van der Waals surface area contributed by atoms with Gasteiger partial charge in [-0.25, -0.2) is 0 Å². The van der Waals surface area contributed by atoms with Crippen molar-refractivity contribution in [1.29, 1.82) is 0 Å². The third-order valence-corrected chi connectivity index (χ3v) is 4.84. The van der Waals surface area contributed by atoms with Crippen molar-refractivity contribution < 1.29 is 4.74 Å². The maximum absolute atomic E-state index is 5.35. The zero-order chi connectivity index (χ0) is 15.8. The lowest BCUT2D eigenvalue weighted by molar-refractivity contribution is 0.409. The second kappa shape index (κ2) is 8.80. The van der Waals surface area contributed by atoms with E-state index >= 15 is 0 Å². The van der Waals surface area contributed by atoms with Crippen LogP contribution in [0.1, 0.15) is 10.4 Å². The van der Waals surface area contributed by atoms with Crippen molar-refractivity contribution in [2.75, 3.05) is 20.7 Å². The molecule has 22 heavy (non-hydrogen) atoms. The van der Waals surface area contributed by atoms with E-state index in [1.807, 2.05) is 24.3 Å². The Morgan fingerprint density at radius 3 is 2.73 bits per heavy atom. The third-order valence-electron chi connectivity index (χ3n) is 3.16. The molecular formula is C16H20BrN3OS. The zero-order valence-electron chi connectivity index (χ0n) is 12.7. The van der Waals surface area contributed by atoms with E-state index < -0.39 is 0 Å². The Hall–Kier alpha value is -1.53. The van der Waals surface area contributed by atoms with Gasteiger partial charge in [0.25, 0.3) is 0 Å². The molecule has 0 atom stereocenters. The van der Waals surface area contributed by atoms with Crippen LogP contribution in [-0.2, 0) is 13.0 Å². The van der Waals surface area contributed by atoms with Gasteiger partial charge in [0.05, 0.1) is 10.9 Å². The lowest BCUT2D eigenvalue weighted by Crippen LogP contribution is -2.37. The summed E-state index contributed by atoms with van der Waals surface area (Å²) < 4.78 is 6.52. The first kappa shape index (κ1) is 16.8. The first-order valence-electron chi connectivity index (χ1n) is 7.03. The normalized spacial score (nSPS) is 11.3. The van der Waals surface area contributed by atoms with Gasteiger partial charge in [-0.05, 0) is 40.5 Å². The van der Waals surface area contributed by atoms with E-state index in [-0.39, 0.29) is 0 Å². The number of aliphatic imine (C=N–C) groups is 1. The second-order valence-electron chi connectivity index (χ2n) is 4.62. The van der Waals surface area contributed by atoms with Crippen molar-refractivity contribution >= 4 is 33.2 Å². The van der Waals surface area contributed by atoms with Crippen LogP contribution < -0.4 is 15.4 Å². The summed E-state index contributed by atoms with van der Waals surface area (Å²) in [5, 5.41) is 6.63. The number of guanidine groups is 1. The number of para-hydroxylation sites is 1. The van der Waals surface area contributed by atoms with Crippen molar-refractivity contribution in [3.63, 3.8) is 0 Å². The molecule has 0 aliphatic carbocycles. The fourth-order valence-corrected chi connectivity index (χ4v) is 3.52. The maximum atomic E-state index is 5.35. The van der Waals surface area contributed by atoms with Crippen molar-refractivity contribution in [3.05, 3.63) is 50.6 Å². The largest absolute Gasteiger partial charge is 0.496 e.